The van der Waals surface area contributed by atoms with E-state index in [-0.39, 0.29) is 24.1 Å². The van der Waals surface area contributed by atoms with Crippen LogP contribution >= 0.6 is 0 Å². The topological polar surface area (TPSA) is 140 Å². The summed E-state index contributed by atoms with van der Waals surface area (Å²) in [6.07, 6.45) is 2.02. The zero-order valence-electron chi connectivity index (χ0n) is 23.3. The SMILES string of the molecule is COCCOc1cccc(-c2nnc(CS(=O)(=O)[C@@H](C)[C@H](C)c3ncc(F)cn3)n2-c2c(OC)cccc2OC)n1. The van der Waals surface area contributed by atoms with Crippen LogP contribution in [0.1, 0.15) is 31.4 Å². The fraction of sp³-hybridized carbons (Fsp3) is 0.370. The van der Waals surface area contributed by atoms with Gasteiger partial charge in [-0.3, -0.25) is 4.57 Å². The number of methoxy groups -OCH3 is 3. The summed E-state index contributed by atoms with van der Waals surface area (Å²) < 4.78 is 64.2. The maximum Gasteiger partial charge on any atom is 0.213 e. The van der Waals surface area contributed by atoms with Crippen LogP contribution in [-0.2, 0) is 20.3 Å². The fourth-order valence-corrected chi connectivity index (χ4v) is 5.66. The predicted molar refractivity (Wildman–Crippen MR) is 148 cm³/mol. The highest BCUT2D eigenvalue weighted by Crippen LogP contribution is 2.37. The van der Waals surface area contributed by atoms with Gasteiger partial charge in [0.1, 0.15) is 41.1 Å². The second kappa shape index (κ2) is 13.0. The van der Waals surface area contributed by atoms with Gasteiger partial charge in [0.25, 0.3) is 0 Å². The molecule has 4 aromatic rings. The fourth-order valence-electron chi connectivity index (χ4n) is 4.10. The van der Waals surface area contributed by atoms with Crippen LogP contribution in [0.4, 0.5) is 4.39 Å². The molecule has 0 radical (unpaired) electrons. The van der Waals surface area contributed by atoms with Crippen molar-refractivity contribution in [2.45, 2.75) is 30.8 Å². The first kappa shape index (κ1) is 29.8. The molecule has 0 saturated heterocycles. The normalized spacial score (nSPS) is 13.0. The van der Waals surface area contributed by atoms with E-state index in [1.165, 1.54) is 14.2 Å². The molecule has 0 aliphatic heterocycles. The van der Waals surface area contributed by atoms with E-state index in [0.29, 0.717) is 35.4 Å². The average Bonchev–Trinajstić information content (AvgIpc) is 3.38. The third kappa shape index (κ3) is 6.60. The first-order chi connectivity index (χ1) is 19.7. The molecule has 3 aromatic heterocycles. The number of pyridine rings is 1. The Balaban J connectivity index is 1.81. The van der Waals surface area contributed by atoms with Crippen LogP contribution in [0.5, 0.6) is 17.4 Å². The van der Waals surface area contributed by atoms with E-state index in [1.54, 1.807) is 61.9 Å². The molecule has 0 aliphatic rings. The van der Waals surface area contributed by atoms with E-state index >= 15 is 0 Å². The van der Waals surface area contributed by atoms with Crippen molar-refractivity contribution in [3.8, 4) is 34.6 Å². The second-order valence-electron chi connectivity index (χ2n) is 9.05. The summed E-state index contributed by atoms with van der Waals surface area (Å²) in [5.74, 6) is -0.0211. The van der Waals surface area contributed by atoms with Gasteiger partial charge in [-0.25, -0.2) is 27.8 Å². The number of ether oxygens (including phenoxy) is 4. The number of hydrogen-bond donors (Lipinski definition) is 0. The van der Waals surface area contributed by atoms with Crippen molar-refractivity contribution in [1.82, 2.24) is 29.7 Å². The van der Waals surface area contributed by atoms with Crippen LogP contribution in [0.2, 0.25) is 0 Å². The number of halogens is 1. The zero-order valence-corrected chi connectivity index (χ0v) is 24.1. The van der Waals surface area contributed by atoms with Gasteiger partial charge in [-0.1, -0.05) is 19.1 Å². The average molecular weight is 587 g/mol. The Hall–Kier alpha value is -4.17. The molecule has 14 heteroatoms. The highest BCUT2D eigenvalue weighted by atomic mass is 32.2. The summed E-state index contributed by atoms with van der Waals surface area (Å²) in [7, 11) is 0.687. The Kier molecular flexibility index (Phi) is 9.45. The molecular formula is C27H31FN6O6S. The molecule has 0 fully saturated rings. The summed E-state index contributed by atoms with van der Waals surface area (Å²) in [5.41, 5.74) is 0.780. The van der Waals surface area contributed by atoms with Crippen molar-refractivity contribution < 1.29 is 31.8 Å². The van der Waals surface area contributed by atoms with Crippen LogP contribution < -0.4 is 14.2 Å². The Morgan fingerprint density at radius 2 is 1.59 bits per heavy atom. The van der Waals surface area contributed by atoms with Gasteiger partial charge >= 0.3 is 0 Å². The minimum atomic E-state index is -3.87. The van der Waals surface area contributed by atoms with E-state index in [0.717, 1.165) is 12.4 Å². The Morgan fingerprint density at radius 3 is 2.22 bits per heavy atom. The second-order valence-corrected chi connectivity index (χ2v) is 11.4. The lowest BCUT2D eigenvalue weighted by Crippen LogP contribution is -2.27. The summed E-state index contributed by atoms with van der Waals surface area (Å²) in [5, 5.41) is 7.68. The van der Waals surface area contributed by atoms with Crippen molar-refractivity contribution >= 4 is 9.84 Å². The Labute approximate surface area is 237 Å². The molecule has 0 unspecified atom stereocenters. The van der Waals surface area contributed by atoms with Crippen LogP contribution in [0.3, 0.4) is 0 Å². The summed E-state index contributed by atoms with van der Waals surface area (Å²) >= 11 is 0. The molecule has 0 spiro atoms. The lowest BCUT2D eigenvalue weighted by atomic mass is 10.1. The molecule has 0 saturated carbocycles. The van der Waals surface area contributed by atoms with Crippen molar-refractivity contribution in [2.75, 3.05) is 34.5 Å². The zero-order chi connectivity index (χ0) is 29.6. The maximum atomic E-state index is 13.7. The first-order valence-electron chi connectivity index (χ1n) is 12.6. The molecule has 2 atom stereocenters. The number of aromatic nitrogens is 6. The lowest BCUT2D eigenvalue weighted by molar-refractivity contribution is 0.144. The first-order valence-corrected chi connectivity index (χ1v) is 14.4. The minimum Gasteiger partial charge on any atom is -0.494 e. The number of sulfone groups is 1. The molecule has 4 rings (SSSR count). The molecule has 12 nitrogen and oxygen atoms in total. The maximum absolute atomic E-state index is 13.7. The molecule has 0 aliphatic carbocycles. The van der Waals surface area contributed by atoms with Crippen LogP contribution in [-0.4, -0.2) is 77.9 Å². The Morgan fingerprint density at radius 1 is 0.927 bits per heavy atom. The summed E-state index contributed by atoms with van der Waals surface area (Å²) in [4.78, 5) is 12.5. The van der Waals surface area contributed by atoms with Crippen LogP contribution in [0, 0.1) is 5.82 Å². The molecule has 1 aromatic carbocycles. The molecule has 218 valence electrons. The molecule has 0 N–H and O–H groups in total. The minimum absolute atomic E-state index is 0.106. The standard InChI is InChI=1S/C27H31FN6O6S/c1-17(26-29-14-19(28)15-30-26)18(2)41(35,36)16-23-32-33-27(20-8-6-11-24(31-20)40-13-12-37-3)34(23)25-21(38-4)9-7-10-22(25)39-5/h6-11,14-15,17-18H,12-13,16H2,1-5H3/t17-,18-/m0/s1. The smallest absolute Gasteiger partial charge is 0.213 e. The summed E-state index contributed by atoms with van der Waals surface area (Å²) in [6.45, 7) is 3.90. The number of nitrogens with zero attached hydrogens (tertiary/aromatic N) is 6. The number of para-hydroxylation sites is 1. The highest BCUT2D eigenvalue weighted by Gasteiger charge is 2.33. The molecule has 0 bridgehead atoms. The van der Waals surface area contributed by atoms with E-state index in [9.17, 15) is 12.8 Å². The van der Waals surface area contributed by atoms with Crippen molar-refractivity contribution in [1.29, 1.82) is 0 Å². The van der Waals surface area contributed by atoms with E-state index in [4.69, 9.17) is 18.9 Å². The van der Waals surface area contributed by atoms with Crippen LogP contribution in [0.15, 0.2) is 48.8 Å². The molecular weight excluding hydrogens is 555 g/mol. The van der Waals surface area contributed by atoms with Gasteiger partial charge in [-0.2, -0.15) is 0 Å². The number of hydrogen-bond acceptors (Lipinski definition) is 11. The number of benzene rings is 1. The van der Waals surface area contributed by atoms with Gasteiger partial charge in [0.2, 0.25) is 5.88 Å². The third-order valence-corrected chi connectivity index (χ3v) is 8.70. The number of rotatable bonds is 13. The van der Waals surface area contributed by atoms with Crippen molar-refractivity contribution in [3.63, 3.8) is 0 Å². The molecule has 41 heavy (non-hydrogen) atoms. The quantitative estimate of drug-likeness (QED) is 0.213. The van der Waals surface area contributed by atoms with Gasteiger partial charge in [0, 0.05) is 19.1 Å². The van der Waals surface area contributed by atoms with Gasteiger partial charge in [-0.05, 0) is 25.1 Å². The predicted octanol–water partition coefficient (Wildman–Crippen LogP) is 3.41. The lowest BCUT2D eigenvalue weighted by Gasteiger charge is -2.20. The van der Waals surface area contributed by atoms with Gasteiger partial charge in [0.15, 0.2) is 27.3 Å². The van der Waals surface area contributed by atoms with Crippen molar-refractivity contribution in [3.05, 3.63) is 66.3 Å². The largest absolute Gasteiger partial charge is 0.494 e. The van der Waals surface area contributed by atoms with Gasteiger partial charge < -0.3 is 18.9 Å². The van der Waals surface area contributed by atoms with E-state index < -0.39 is 32.6 Å². The van der Waals surface area contributed by atoms with Crippen molar-refractivity contribution in [2.24, 2.45) is 0 Å². The Bertz CT molecular complexity index is 1560. The van der Waals surface area contributed by atoms with Gasteiger partial charge in [0.05, 0.1) is 38.5 Å². The van der Waals surface area contributed by atoms with Crippen LogP contribution in [0.25, 0.3) is 17.2 Å². The van der Waals surface area contributed by atoms with E-state index in [2.05, 4.69) is 25.1 Å². The van der Waals surface area contributed by atoms with E-state index in [1.807, 2.05) is 0 Å². The third-order valence-electron chi connectivity index (χ3n) is 6.49. The summed E-state index contributed by atoms with van der Waals surface area (Å²) in [6, 6.07) is 10.3. The molecule has 0 amide bonds. The van der Waals surface area contributed by atoms with Gasteiger partial charge in [-0.15, -0.1) is 10.2 Å². The highest BCUT2D eigenvalue weighted by molar-refractivity contribution is 7.91. The monoisotopic (exact) mass is 586 g/mol. The molecule has 3 heterocycles.